The molecule has 0 atom stereocenters. The van der Waals surface area contributed by atoms with Gasteiger partial charge in [0.05, 0.1) is 0 Å². The summed E-state index contributed by atoms with van der Waals surface area (Å²) in [5.41, 5.74) is 0. The first kappa shape index (κ1) is 15.4. The summed E-state index contributed by atoms with van der Waals surface area (Å²) >= 11 is 0. The summed E-state index contributed by atoms with van der Waals surface area (Å²) in [6.07, 6.45) is 0.835. The van der Waals surface area contributed by atoms with E-state index in [0.29, 0.717) is 32.0 Å². The second kappa shape index (κ2) is 6.22. The van der Waals surface area contributed by atoms with E-state index in [1.165, 1.54) is 14.1 Å². The van der Waals surface area contributed by atoms with Crippen molar-refractivity contribution in [3.63, 3.8) is 0 Å². The van der Waals surface area contributed by atoms with Crippen molar-refractivity contribution in [2.45, 2.75) is 0 Å². The number of amides is 1. The Morgan fingerprint density at radius 1 is 1.19 bits per heavy atom. The summed E-state index contributed by atoms with van der Waals surface area (Å²) in [6, 6.07) is 3.27. The van der Waals surface area contributed by atoms with E-state index >= 15 is 0 Å². The molecule has 0 radical (unpaired) electrons. The van der Waals surface area contributed by atoms with Crippen molar-refractivity contribution in [1.82, 2.24) is 19.4 Å². The zero-order valence-corrected chi connectivity index (χ0v) is 12.7. The monoisotopic (exact) mass is 314 g/mol. The number of rotatable bonds is 5. The molecule has 0 spiro atoms. The van der Waals surface area contributed by atoms with Gasteiger partial charge in [-0.1, -0.05) is 0 Å². The minimum atomic E-state index is -3.58. The molecule has 1 aliphatic heterocycles. The van der Waals surface area contributed by atoms with Gasteiger partial charge in [0.25, 0.3) is 0 Å². The van der Waals surface area contributed by atoms with Gasteiger partial charge < -0.3 is 9.80 Å². The Balaban J connectivity index is 2.01. The molecule has 0 aliphatic carbocycles. The van der Waals surface area contributed by atoms with Gasteiger partial charge in [-0.3, -0.25) is 9.52 Å². The van der Waals surface area contributed by atoms with Crippen LogP contribution in [0.2, 0.25) is 0 Å². The van der Waals surface area contributed by atoms with E-state index in [9.17, 15) is 13.2 Å². The van der Waals surface area contributed by atoms with Crippen molar-refractivity contribution in [2.24, 2.45) is 0 Å². The minimum absolute atomic E-state index is 0.166. The molecular formula is C11H18N6O3S. The fourth-order valence-electron chi connectivity index (χ4n) is 1.83. The first-order valence-electron chi connectivity index (χ1n) is 6.40. The minimum Gasteiger partial charge on any atom is -0.352 e. The summed E-state index contributed by atoms with van der Waals surface area (Å²) in [7, 11) is -0.723. The molecule has 10 heteroatoms. The van der Waals surface area contributed by atoms with E-state index in [1.54, 1.807) is 17.0 Å². The highest BCUT2D eigenvalue weighted by Crippen LogP contribution is 2.14. The molecule has 0 aromatic carbocycles. The number of nitrogens with one attached hydrogen (secondary N) is 1. The van der Waals surface area contributed by atoms with E-state index in [2.05, 4.69) is 14.9 Å². The quantitative estimate of drug-likeness (QED) is 0.698. The zero-order valence-electron chi connectivity index (χ0n) is 11.9. The highest BCUT2D eigenvalue weighted by atomic mass is 32.2. The molecule has 2 rings (SSSR count). The largest absolute Gasteiger partial charge is 0.352 e. The Kier molecular flexibility index (Phi) is 4.58. The molecule has 2 heterocycles. The normalized spacial score (nSPS) is 16.1. The van der Waals surface area contributed by atoms with Crippen molar-refractivity contribution in [1.29, 1.82) is 0 Å². The van der Waals surface area contributed by atoms with Crippen molar-refractivity contribution in [2.75, 3.05) is 49.9 Å². The zero-order chi connectivity index (χ0) is 15.5. The summed E-state index contributed by atoms with van der Waals surface area (Å²) in [4.78, 5) is 14.3. The van der Waals surface area contributed by atoms with Crippen molar-refractivity contribution in [3.8, 4) is 0 Å². The number of anilines is 2. The summed E-state index contributed by atoms with van der Waals surface area (Å²) in [6.45, 7) is 2.63. The number of piperazine rings is 1. The van der Waals surface area contributed by atoms with E-state index in [4.69, 9.17) is 0 Å². The lowest BCUT2D eigenvalue weighted by molar-refractivity contribution is -0.118. The van der Waals surface area contributed by atoms with Crippen molar-refractivity contribution >= 4 is 28.3 Å². The first-order valence-corrected chi connectivity index (χ1v) is 7.84. The Morgan fingerprint density at radius 2 is 1.86 bits per heavy atom. The SMILES string of the molecule is CN(C)S(=O)(=O)Nc1ccc(N2CCN(C=O)CC2)nn1. The van der Waals surface area contributed by atoms with Gasteiger partial charge >= 0.3 is 10.2 Å². The maximum atomic E-state index is 11.7. The van der Waals surface area contributed by atoms with Gasteiger partial charge in [-0.2, -0.15) is 12.7 Å². The Labute approximate surface area is 123 Å². The maximum Gasteiger partial charge on any atom is 0.302 e. The molecule has 21 heavy (non-hydrogen) atoms. The first-order chi connectivity index (χ1) is 9.92. The van der Waals surface area contributed by atoms with Crippen LogP contribution in [0.5, 0.6) is 0 Å². The molecular weight excluding hydrogens is 296 g/mol. The number of aromatic nitrogens is 2. The fourth-order valence-corrected chi connectivity index (χ4v) is 2.38. The number of nitrogens with zero attached hydrogens (tertiary/aromatic N) is 5. The lowest BCUT2D eigenvalue weighted by Gasteiger charge is -2.32. The number of carbonyl (C=O) groups excluding carboxylic acids is 1. The average molecular weight is 314 g/mol. The van der Waals surface area contributed by atoms with Gasteiger partial charge in [-0.05, 0) is 12.1 Å². The number of hydrogen-bond donors (Lipinski definition) is 1. The van der Waals surface area contributed by atoms with E-state index in [-0.39, 0.29) is 5.82 Å². The molecule has 1 fully saturated rings. The second-order valence-corrected chi connectivity index (χ2v) is 6.68. The van der Waals surface area contributed by atoms with Crippen LogP contribution in [0.4, 0.5) is 11.6 Å². The highest BCUT2D eigenvalue weighted by molar-refractivity contribution is 7.90. The van der Waals surface area contributed by atoms with Crippen LogP contribution >= 0.6 is 0 Å². The summed E-state index contributed by atoms with van der Waals surface area (Å²) < 4.78 is 26.7. The van der Waals surface area contributed by atoms with Crippen LogP contribution in [0.25, 0.3) is 0 Å². The predicted octanol–water partition coefficient (Wildman–Crippen LogP) is -1.03. The van der Waals surface area contributed by atoms with E-state index in [0.717, 1.165) is 10.7 Å². The van der Waals surface area contributed by atoms with Crippen LogP contribution in [-0.2, 0) is 15.0 Å². The molecule has 0 bridgehead atoms. The van der Waals surface area contributed by atoms with Crippen LogP contribution in [0, 0.1) is 0 Å². The van der Waals surface area contributed by atoms with Crippen LogP contribution in [-0.4, -0.2) is 74.5 Å². The topological polar surface area (TPSA) is 98.7 Å². The van der Waals surface area contributed by atoms with Gasteiger partial charge in [0.2, 0.25) is 6.41 Å². The molecule has 1 N–H and O–H groups in total. The Bertz CT molecular complexity index is 580. The Morgan fingerprint density at radius 3 is 2.33 bits per heavy atom. The second-order valence-electron chi connectivity index (χ2n) is 4.79. The van der Waals surface area contributed by atoms with Gasteiger partial charge in [0.1, 0.15) is 0 Å². The van der Waals surface area contributed by atoms with Gasteiger partial charge in [-0.15, -0.1) is 10.2 Å². The summed E-state index contributed by atoms with van der Waals surface area (Å²) in [5, 5.41) is 7.89. The van der Waals surface area contributed by atoms with Gasteiger partial charge in [0, 0.05) is 40.3 Å². The van der Waals surface area contributed by atoms with Crippen LogP contribution in [0.15, 0.2) is 12.1 Å². The molecule has 116 valence electrons. The molecule has 1 aliphatic rings. The lowest BCUT2D eigenvalue weighted by Crippen LogP contribution is -2.46. The molecule has 0 saturated carbocycles. The van der Waals surface area contributed by atoms with Crippen LogP contribution in [0.1, 0.15) is 0 Å². The van der Waals surface area contributed by atoms with Gasteiger partial charge in [-0.25, -0.2) is 0 Å². The number of carbonyl (C=O) groups is 1. The summed E-state index contributed by atoms with van der Waals surface area (Å²) in [5.74, 6) is 0.826. The van der Waals surface area contributed by atoms with E-state index in [1.807, 2.05) is 4.90 Å². The van der Waals surface area contributed by atoms with Crippen molar-refractivity contribution < 1.29 is 13.2 Å². The third-order valence-corrected chi connectivity index (χ3v) is 4.58. The number of hydrogen-bond acceptors (Lipinski definition) is 6. The molecule has 1 amide bonds. The lowest BCUT2D eigenvalue weighted by atomic mass is 10.3. The molecule has 1 aromatic rings. The molecule has 0 unspecified atom stereocenters. The smallest absolute Gasteiger partial charge is 0.302 e. The van der Waals surface area contributed by atoms with Gasteiger partial charge in [0.15, 0.2) is 11.6 Å². The standard InChI is InChI=1S/C11H18N6O3S/c1-15(2)21(19,20)14-10-3-4-11(13-12-10)17-7-5-16(9-18)6-8-17/h3-4,9H,5-8H2,1-2H3,(H,12,14). The maximum absolute atomic E-state index is 11.7. The fraction of sp³-hybridized carbons (Fsp3) is 0.545. The van der Waals surface area contributed by atoms with Crippen LogP contribution in [0.3, 0.4) is 0 Å². The molecule has 1 aromatic heterocycles. The third kappa shape index (κ3) is 3.79. The van der Waals surface area contributed by atoms with Crippen LogP contribution < -0.4 is 9.62 Å². The predicted molar refractivity (Wildman–Crippen MR) is 78.1 cm³/mol. The average Bonchev–Trinajstić information content (AvgIpc) is 2.48. The Hall–Kier alpha value is -1.94. The third-order valence-electron chi connectivity index (χ3n) is 3.15. The highest BCUT2D eigenvalue weighted by Gasteiger charge is 2.18. The molecule has 9 nitrogen and oxygen atoms in total. The van der Waals surface area contributed by atoms with Crippen molar-refractivity contribution in [3.05, 3.63) is 12.1 Å². The molecule has 1 saturated heterocycles. The van der Waals surface area contributed by atoms with E-state index < -0.39 is 10.2 Å².